The van der Waals surface area contributed by atoms with Gasteiger partial charge in [0.2, 0.25) is 65.0 Å². The van der Waals surface area contributed by atoms with E-state index in [1.54, 1.807) is 41.5 Å². The molecule has 0 radical (unpaired) electrons. The fourth-order valence-electron chi connectivity index (χ4n) is 11.6. The highest BCUT2D eigenvalue weighted by Crippen LogP contribution is 2.37. The molecule has 2 aliphatic rings. The van der Waals surface area contributed by atoms with Gasteiger partial charge in [0.25, 0.3) is 0 Å². The fraction of sp³-hybridized carbons (Fsp3) is 0.591. The number of aromatic hydroxyl groups is 1. The second-order valence-corrected chi connectivity index (χ2v) is 27.3. The van der Waals surface area contributed by atoms with Crippen LogP contribution >= 0.6 is 7.82 Å². The van der Waals surface area contributed by atoms with Gasteiger partial charge in [-0.05, 0) is 111 Å². The summed E-state index contributed by atoms with van der Waals surface area (Å²) in [4.78, 5) is 224. The van der Waals surface area contributed by atoms with Gasteiger partial charge in [0.1, 0.15) is 71.9 Å². The Labute approximate surface area is 593 Å². The number of carbonyl (C=O) groups excluding carboxylic acids is 11. The third-order valence-corrected chi connectivity index (χ3v) is 18.1. The van der Waals surface area contributed by atoms with Crippen molar-refractivity contribution < 1.29 is 116 Å². The number of nitrogens with zero attached hydrogens (tertiary/aromatic N) is 2. The number of likely N-dealkylation sites (tertiary alicyclic amines) is 2. The molecule has 103 heavy (non-hydrogen) atoms. The number of phenolic OH excluding ortho intramolecular Hbond substituents is 1. The smallest absolute Gasteiger partial charge is 0.508 e. The van der Waals surface area contributed by atoms with Gasteiger partial charge < -0.3 is 93.9 Å². The van der Waals surface area contributed by atoms with Crippen LogP contribution < -0.4 is 58.5 Å². The number of primary amides is 1. The molecule has 37 heteroatoms. The molecule has 2 aromatic rings. The van der Waals surface area contributed by atoms with Crippen LogP contribution in [0.25, 0.3) is 0 Å². The molecule has 2 aromatic carbocycles. The van der Waals surface area contributed by atoms with Crippen LogP contribution in [-0.4, -0.2) is 214 Å². The maximum absolute atomic E-state index is 14.9. The lowest BCUT2D eigenvalue weighted by atomic mass is 9.95. The van der Waals surface area contributed by atoms with Gasteiger partial charge in [-0.3, -0.25) is 76.9 Å². The van der Waals surface area contributed by atoms with Crippen molar-refractivity contribution in [2.24, 2.45) is 29.2 Å². The second kappa shape index (κ2) is 40.7. The largest absolute Gasteiger partial charge is 0.524 e. The van der Waals surface area contributed by atoms with Crippen molar-refractivity contribution in [2.75, 3.05) is 13.1 Å². The maximum atomic E-state index is 14.9. The van der Waals surface area contributed by atoms with Crippen LogP contribution in [0.15, 0.2) is 48.5 Å². The number of nitrogens with two attached hydrogens (primary N) is 2. The number of rotatable bonds is 43. The standard InChI is InChI=1S/C66H97N12O24P/c1-7-35(5)54(63(94)73-46(32-37-13-17-39(79)18-14-37)60(91)74-47(66(97)98)31-34(3)4)75-62(93)49-12-10-30-78(49)65(96)55(36(6)8-2)76-58(89)44(24-28-53(85)86)69-56(87)43(23-27-52(83)84)70-59(90)45(33-38-15-19-40(20-16-38)102-103(99,100)101)72-57(88)42(22-25-50(68)80)71-61(92)48-11-9-29-77(48)64(95)41(67)21-26-51(81)82/h13-20,34-36,41-49,54-55,79H,7-12,21-33,67H2,1-6H3,(H2,68,80)(H,69,87)(H,70,90)(H,71,92)(H,72,88)(H,73,94)(H,74,91)(H,75,93)(H,76,89)(H,81,82)(H,83,84)(H,85,86)(H,97,98)(H2,99,100,101)/t35?,36?,41-,42-,43-,44-,45-,46-,47-,48-,49-,54-,55-/m0/s1. The lowest BCUT2D eigenvalue weighted by molar-refractivity contribution is -0.144. The predicted molar refractivity (Wildman–Crippen MR) is 363 cm³/mol. The first kappa shape index (κ1) is 85.6. The van der Waals surface area contributed by atoms with E-state index in [9.17, 15) is 107 Å². The molecule has 0 spiro atoms. The fourth-order valence-corrected chi connectivity index (χ4v) is 12.0. The Balaban J connectivity index is 1.65. The number of carbonyl (C=O) groups is 15. The molecule has 0 aliphatic carbocycles. The van der Waals surface area contributed by atoms with Crippen molar-refractivity contribution in [2.45, 2.75) is 217 Å². The van der Waals surface area contributed by atoms with E-state index in [1.165, 1.54) is 41.3 Å². The highest BCUT2D eigenvalue weighted by atomic mass is 31.2. The van der Waals surface area contributed by atoms with Crippen LogP contribution in [0.4, 0.5) is 0 Å². The quantitative estimate of drug-likeness (QED) is 0.0351. The van der Waals surface area contributed by atoms with Crippen molar-refractivity contribution in [3.8, 4) is 11.5 Å². The Bertz CT molecular complexity index is 3410. The normalized spacial score (nSPS) is 17.5. The molecule has 2 heterocycles. The molecule has 0 bridgehead atoms. The number of carboxylic acids is 4. The van der Waals surface area contributed by atoms with E-state index in [0.29, 0.717) is 12.0 Å². The third kappa shape index (κ3) is 28.2. The molecule has 2 aliphatic heterocycles. The minimum atomic E-state index is -5.09. The summed E-state index contributed by atoms with van der Waals surface area (Å²) < 4.78 is 16.2. The van der Waals surface area contributed by atoms with Crippen LogP contribution in [0.1, 0.15) is 149 Å². The topological polar surface area (TPSA) is 579 Å². The molecule has 0 aromatic heterocycles. The molecule has 19 N–H and O–H groups in total. The minimum absolute atomic E-state index is 0.0163. The summed E-state index contributed by atoms with van der Waals surface area (Å²) in [5.41, 5.74) is 12.0. The highest BCUT2D eigenvalue weighted by molar-refractivity contribution is 7.46. The zero-order chi connectivity index (χ0) is 77.2. The van der Waals surface area contributed by atoms with Gasteiger partial charge in [0.05, 0.1) is 6.04 Å². The van der Waals surface area contributed by atoms with Gasteiger partial charge in [-0.25, -0.2) is 9.36 Å². The van der Waals surface area contributed by atoms with Crippen LogP contribution in [-0.2, 0) is 89.3 Å². The molecule has 2 fully saturated rings. The number of hydrogen-bond donors (Lipinski definition) is 17. The predicted octanol–water partition coefficient (Wildman–Crippen LogP) is -1.08. The lowest BCUT2D eigenvalue weighted by Crippen LogP contribution is -2.62. The van der Waals surface area contributed by atoms with Crippen molar-refractivity contribution >= 4 is 96.7 Å². The van der Waals surface area contributed by atoms with Crippen molar-refractivity contribution in [3.05, 3.63) is 59.7 Å². The Morgan fingerprint density at radius 3 is 1.34 bits per heavy atom. The van der Waals surface area contributed by atoms with Crippen LogP contribution in [0.2, 0.25) is 0 Å². The van der Waals surface area contributed by atoms with E-state index in [4.69, 9.17) is 16.6 Å². The summed E-state index contributed by atoms with van der Waals surface area (Å²) in [6.45, 7) is 10.1. The molecule has 0 saturated carbocycles. The van der Waals surface area contributed by atoms with E-state index >= 15 is 0 Å². The first-order valence-corrected chi connectivity index (χ1v) is 35.4. The average molecular weight is 1470 g/mol. The molecule has 4 rings (SSSR count). The SMILES string of the molecule is CCC(C)[C@H](NC(=O)[C@@H]1CCCN1C(=O)[C@@H](NC(=O)[C@H](CCC(=O)O)NC(=O)[C@H](CCC(=O)O)NC(=O)[C@H](Cc1ccc(OP(=O)(O)O)cc1)NC(=O)[C@H](CCC(N)=O)NC(=O)[C@@H]1CCCN1C(=O)[C@@H](N)CCC(=O)O)C(C)CC)C(=O)N[C@@H](Cc1ccc(O)cc1)C(=O)N[C@@H](CC(C)C)C(=O)O. The molecule has 36 nitrogen and oxygen atoms in total. The first-order valence-electron chi connectivity index (χ1n) is 33.9. The van der Waals surface area contributed by atoms with Gasteiger partial charge in [-0.15, -0.1) is 0 Å². The van der Waals surface area contributed by atoms with Gasteiger partial charge in [0.15, 0.2) is 0 Å². The van der Waals surface area contributed by atoms with E-state index in [1.807, 2.05) is 0 Å². The molecular weight excluding hydrogens is 1380 g/mol. The number of hydrogen-bond acceptors (Lipinski definition) is 19. The second-order valence-electron chi connectivity index (χ2n) is 26.2. The Morgan fingerprint density at radius 2 is 0.893 bits per heavy atom. The van der Waals surface area contributed by atoms with Gasteiger partial charge in [-0.1, -0.05) is 78.6 Å². The van der Waals surface area contributed by atoms with Crippen LogP contribution in [0.5, 0.6) is 11.5 Å². The number of nitrogens with one attached hydrogen (secondary N) is 8. The summed E-state index contributed by atoms with van der Waals surface area (Å²) in [7, 11) is -5.09. The molecule has 13 atom stereocenters. The van der Waals surface area contributed by atoms with E-state index in [0.717, 1.165) is 17.0 Å². The zero-order valence-corrected chi connectivity index (χ0v) is 59.1. The molecule has 570 valence electrons. The minimum Gasteiger partial charge on any atom is -0.508 e. The van der Waals surface area contributed by atoms with Crippen molar-refractivity contribution in [1.82, 2.24) is 52.3 Å². The number of benzene rings is 2. The Kier molecular flexibility index (Phi) is 33.9. The highest BCUT2D eigenvalue weighted by Gasteiger charge is 2.44. The van der Waals surface area contributed by atoms with Crippen molar-refractivity contribution in [1.29, 1.82) is 0 Å². The number of phosphoric ester groups is 1. The summed E-state index contributed by atoms with van der Waals surface area (Å²) in [5.74, 6) is -18.2. The monoisotopic (exact) mass is 1470 g/mol. The zero-order valence-electron chi connectivity index (χ0n) is 58.2. The molecule has 11 amide bonds. The first-order chi connectivity index (χ1) is 48.3. The number of carboxylic acid groups (broad SMARTS) is 4. The van der Waals surface area contributed by atoms with E-state index in [2.05, 4.69) is 47.1 Å². The van der Waals surface area contributed by atoms with E-state index in [-0.39, 0.29) is 87.4 Å². The van der Waals surface area contributed by atoms with Gasteiger partial charge in [-0.2, -0.15) is 0 Å². The molecule has 2 saturated heterocycles. The number of aliphatic carboxylic acids is 4. The number of phenols is 1. The van der Waals surface area contributed by atoms with E-state index < -0.39 is 226 Å². The average Bonchev–Trinajstić information content (AvgIpc) is 1.76. The molecular formula is C66H97N12O24P. The third-order valence-electron chi connectivity index (χ3n) is 17.7. The summed E-state index contributed by atoms with van der Waals surface area (Å²) in [6.07, 6.45) is -4.40. The number of amides is 11. The van der Waals surface area contributed by atoms with Gasteiger partial charge >= 0.3 is 31.7 Å². The van der Waals surface area contributed by atoms with Crippen LogP contribution in [0, 0.1) is 17.8 Å². The number of phosphoric acid groups is 1. The Hall–Kier alpha value is -9.80. The molecule has 2 unspecified atom stereocenters. The van der Waals surface area contributed by atoms with Gasteiger partial charge in [0, 0.05) is 51.6 Å². The summed E-state index contributed by atoms with van der Waals surface area (Å²) in [6, 6.07) is -6.46. The Morgan fingerprint density at radius 1 is 0.505 bits per heavy atom. The summed E-state index contributed by atoms with van der Waals surface area (Å²) >= 11 is 0. The van der Waals surface area contributed by atoms with Crippen LogP contribution in [0.3, 0.4) is 0 Å². The maximum Gasteiger partial charge on any atom is 0.524 e. The lowest BCUT2D eigenvalue weighted by Gasteiger charge is -2.33. The van der Waals surface area contributed by atoms with Crippen molar-refractivity contribution in [3.63, 3.8) is 0 Å². The summed E-state index contributed by atoms with van der Waals surface area (Å²) in [5, 5.41) is 68.8.